The summed E-state index contributed by atoms with van der Waals surface area (Å²) in [6.07, 6.45) is 1.73. The second-order valence-electron chi connectivity index (χ2n) is 8.22. The lowest BCUT2D eigenvalue weighted by Gasteiger charge is -2.34. The minimum absolute atomic E-state index is 0.166. The zero-order valence-corrected chi connectivity index (χ0v) is 20.1. The number of thiophene rings is 1. The monoisotopic (exact) mass is 484 g/mol. The summed E-state index contributed by atoms with van der Waals surface area (Å²) in [5.74, 6) is -0.544. The van der Waals surface area contributed by atoms with Crippen molar-refractivity contribution < 1.29 is 17.9 Å². The summed E-state index contributed by atoms with van der Waals surface area (Å²) in [6.45, 7) is 7.24. The average molecular weight is 485 g/mol. The summed E-state index contributed by atoms with van der Waals surface area (Å²) >= 11 is 2.61. The number of nitrogens with zero attached hydrogens (tertiary/aromatic N) is 3. The molecule has 0 bridgehead atoms. The molecule has 2 aliphatic rings. The molecule has 0 aliphatic carbocycles. The molecule has 1 amide bonds. The lowest BCUT2D eigenvalue weighted by Crippen LogP contribution is -2.44. The average Bonchev–Trinajstić information content (AvgIpc) is 3.40. The van der Waals surface area contributed by atoms with Crippen molar-refractivity contribution in [2.24, 2.45) is 5.92 Å². The first-order valence-electron chi connectivity index (χ1n) is 10.5. The van der Waals surface area contributed by atoms with Crippen molar-refractivity contribution in [3.8, 4) is 0 Å². The van der Waals surface area contributed by atoms with Crippen LogP contribution in [-0.2, 0) is 26.1 Å². The van der Waals surface area contributed by atoms with Crippen molar-refractivity contribution in [1.82, 2.24) is 14.2 Å². The molecule has 2 aromatic rings. The highest BCUT2D eigenvalue weighted by Crippen LogP contribution is 2.27. The molecule has 2 aliphatic heterocycles. The maximum atomic E-state index is 12.8. The van der Waals surface area contributed by atoms with Gasteiger partial charge >= 0.3 is 0 Å². The summed E-state index contributed by atoms with van der Waals surface area (Å²) in [5, 5.41) is 7.18. The molecule has 0 aromatic carbocycles. The van der Waals surface area contributed by atoms with Gasteiger partial charge in [-0.15, -0.1) is 22.7 Å². The van der Waals surface area contributed by atoms with Gasteiger partial charge in [-0.1, -0.05) is 6.07 Å². The molecule has 0 saturated carbocycles. The van der Waals surface area contributed by atoms with Crippen molar-refractivity contribution in [1.29, 1.82) is 0 Å². The van der Waals surface area contributed by atoms with Crippen LogP contribution in [0.25, 0.3) is 0 Å². The van der Waals surface area contributed by atoms with E-state index in [-0.39, 0.29) is 30.6 Å². The van der Waals surface area contributed by atoms with Gasteiger partial charge in [0.15, 0.2) is 5.13 Å². The Morgan fingerprint density at radius 2 is 2.03 bits per heavy atom. The molecule has 4 rings (SSSR count). The highest BCUT2D eigenvalue weighted by molar-refractivity contribution is 7.91. The van der Waals surface area contributed by atoms with E-state index in [1.165, 1.54) is 27.0 Å². The standard InChI is InChI=1S/C20H28N4O4S3/c1-14-9-23(10-15(2)28-14)12-17-13-30-20(21-17)22-19(25)16-5-3-7-24(11-16)31(26,27)18-6-4-8-29-18/h4,6,8,13-16H,3,5,7,9-12H2,1-2H3,(H,21,22,25). The van der Waals surface area contributed by atoms with E-state index in [1.807, 2.05) is 5.38 Å². The third-order valence-electron chi connectivity index (χ3n) is 5.51. The SMILES string of the molecule is CC1CN(Cc2csc(NC(=O)C3CCCN(S(=O)(=O)c4cccs4)C3)n2)CC(C)O1. The third kappa shape index (κ3) is 5.52. The fraction of sp³-hybridized carbons (Fsp3) is 0.600. The van der Waals surface area contributed by atoms with Crippen molar-refractivity contribution >= 4 is 43.7 Å². The van der Waals surface area contributed by atoms with E-state index < -0.39 is 10.0 Å². The van der Waals surface area contributed by atoms with Gasteiger partial charge in [-0.25, -0.2) is 13.4 Å². The van der Waals surface area contributed by atoms with E-state index in [0.29, 0.717) is 28.7 Å². The zero-order chi connectivity index (χ0) is 22.0. The summed E-state index contributed by atoms with van der Waals surface area (Å²) in [5.41, 5.74) is 0.923. The smallest absolute Gasteiger partial charge is 0.252 e. The highest BCUT2D eigenvalue weighted by Gasteiger charge is 2.34. The molecule has 2 saturated heterocycles. The maximum absolute atomic E-state index is 12.8. The zero-order valence-electron chi connectivity index (χ0n) is 17.7. The number of carbonyl (C=O) groups excluding carboxylic acids is 1. The number of morpholine rings is 1. The van der Waals surface area contributed by atoms with Crippen LogP contribution < -0.4 is 5.32 Å². The summed E-state index contributed by atoms with van der Waals surface area (Å²) in [6, 6.07) is 3.33. The van der Waals surface area contributed by atoms with Crippen LogP contribution in [0.4, 0.5) is 5.13 Å². The van der Waals surface area contributed by atoms with Gasteiger partial charge in [-0.2, -0.15) is 4.31 Å². The quantitative estimate of drug-likeness (QED) is 0.678. The lowest BCUT2D eigenvalue weighted by molar-refractivity contribution is -0.120. The summed E-state index contributed by atoms with van der Waals surface area (Å²) in [7, 11) is -3.54. The number of nitrogens with one attached hydrogen (secondary N) is 1. The Hall–Kier alpha value is -1.37. The van der Waals surface area contributed by atoms with Gasteiger partial charge in [0.05, 0.1) is 23.8 Å². The Labute approximate surface area is 191 Å². The van der Waals surface area contributed by atoms with E-state index in [9.17, 15) is 13.2 Å². The van der Waals surface area contributed by atoms with Gasteiger partial charge in [-0.3, -0.25) is 9.69 Å². The second-order valence-corrected chi connectivity index (χ2v) is 12.2. The number of piperidine rings is 1. The number of ether oxygens (including phenoxy) is 1. The highest BCUT2D eigenvalue weighted by atomic mass is 32.2. The number of hydrogen-bond donors (Lipinski definition) is 1. The molecule has 3 unspecified atom stereocenters. The summed E-state index contributed by atoms with van der Waals surface area (Å²) < 4.78 is 33.1. The first-order chi connectivity index (χ1) is 14.8. The number of thiazole rings is 1. The number of sulfonamides is 1. The molecule has 0 radical (unpaired) electrons. The van der Waals surface area contributed by atoms with Gasteiger partial charge in [0.25, 0.3) is 10.0 Å². The predicted molar refractivity (Wildman–Crippen MR) is 122 cm³/mol. The van der Waals surface area contributed by atoms with E-state index >= 15 is 0 Å². The molecule has 170 valence electrons. The Kier molecular flexibility index (Phi) is 7.09. The minimum Gasteiger partial charge on any atom is -0.373 e. The topological polar surface area (TPSA) is 91.8 Å². The molecule has 1 N–H and O–H groups in total. The van der Waals surface area contributed by atoms with Crippen LogP contribution in [0, 0.1) is 5.92 Å². The minimum atomic E-state index is -3.54. The van der Waals surface area contributed by atoms with Crippen molar-refractivity contribution in [2.75, 3.05) is 31.5 Å². The first kappa shape index (κ1) is 22.8. The normalized spacial score (nSPS) is 26.1. The molecule has 11 heteroatoms. The molecule has 3 atom stereocenters. The Morgan fingerprint density at radius 3 is 2.74 bits per heavy atom. The van der Waals surface area contributed by atoms with E-state index in [2.05, 4.69) is 29.0 Å². The molecule has 2 fully saturated rings. The molecule has 4 heterocycles. The van der Waals surface area contributed by atoms with Gasteiger partial charge in [0.2, 0.25) is 5.91 Å². The van der Waals surface area contributed by atoms with E-state index in [4.69, 9.17) is 4.74 Å². The first-order valence-corrected chi connectivity index (χ1v) is 13.7. The number of carbonyl (C=O) groups is 1. The molecular formula is C20H28N4O4S3. The largest absolute Gasteiger partial charge is 0.373 e. The summed E-state index contributed by atoms with van der Waals surface area (Å²) in [4.78, 5) is 19.7. The maximum Gasteiger partial charge on any atom is 0.252 e. The van der Waals surface area contributed by atoms with Gasteiger partial charge < -0.3 is 10.1 Å². The second kappa shape index (κ2) is 9.63. The van der Waals surface area contributed by atoms with Crippen LogP contribution in [0.1, 0.15) is 32.4 Å². The Morgan fingerprint density at radius 1 is 1.26 bits per heavy atom. The molecular weight excluding hydrogens is 456 g/mol. The van der Waals surface area contributed by atoms with Crippen molar-refractivity contribution in [3.05, 3.63) is 28.6 Å². The van der Waals surface area contributed by atoms with Gasteiger partial charge in [0.1, 0.15) is 4.21 Å². The van der Waals surface area contributed by atoms with Crippen LogP contribution in [0.5, 0.6) is 0 Å². The third-order valence-corrected chi connectivity index (χ3v) is 9.55. The van der Waals surface area contributed by atoms with E-state index in [1.54, 1.807) is 17.5 Å². The van der Waals surface area contributed by atoms with E-state index in [0.717, 1.165) is 25.3 Å². The van der Waals surface area contributed by atoms with Crippen LogP contribution in [0.15, 0.2) is 27.1 Å². The van der Waals surface area contributed by atoms with Gasteiger partial charge in [-0.05, 0) is 38.1 Å². The van der Waals surface area contributed by atoms with Crippen LogP contribution >= 0.6 is 22.7 Å². The Balaban J connectivity index is 1.34. The Bertz CT molecular complexity index is 982. The van der Waals surface area contributed by atoms with Crippen LogP contribution in [-0.4, -0.2) is 66.9 Å². The van der Waals surface area contributed by atoms with Crippen molar-refractivity contribution in [2.45, 2.75) is 49.7 Å². The fourth-order valence-corrected chi connectivity index (χ4v) is 7.57. The van der Waals surface area contributed by atoms with Gasteiger partial charge in [0, 0.05) is 38.1 Å². The van der Waals surface area contributed by atoms with Crippen molar-refractivity contribution in [3.63, 3.8) is 0 Å². The predicted octanol–water partition coefficient (Wildman–Crippen LogP) is 2.85. The molecule has 8 nitrogen and oxygen atoms in total. The number of amides is 1. The number of hydrogen-bond acceptors (Lipinski definition) is 8. The lowest BCUT2D eigenvalue weighted by atomic mass is 9.99. The number of anilines is 1. The molecule has 31 heavy (non-hydrogen) atoms. The molecule has 0 spiro atoms. The molecule has 2 aromatic heterocycles. The fourth-order valence-electron chi connectivity index (χ4n) is 4.20. The number of aromatic nitrogens is 1. The number of rotatable bonds is 6. The van der Waals surface area contributed by atoms with Crippen LogP contribution in [0.2, 0.25) is 0 Å². The van der Waals surface area contributed by atoms with Crippen LogP contribution in [0.3, 0.4) is 0 Å².